The summed E-state index contributed by atoms with van der Waals surface area (Å²) in [6.45, 7) is 3.69. The van der Waals surface area contributed by atoms with Crippen LogP contribution in [0, 0.1) is 6.92 Å². The fraction of sp³-hybridized carbons (Fsp3) is 0.350. The molecule has 0 aliphatic carbocycles. The Bertz CT molecular complexity index is 965. The predicted octanol–water partition coefficient (Wildman–Crippen LogP) is 3.01. The standard InChI is InChI=1S/C20H25ClN2O5S/c1-14-9-10-16(21)13-17(14)23(29(4,25)26)15(2)20(24)22-11-12-28-19-8-6-5-7-18(19)27-3/h5-10,13,15H,11-12H2,1-4H3,(H,22,24). The van der Waals surface area contributed by atoms with E-state index in [0.29, 0.717) is 27.8 Å². The molecule has 0 aromatic heterocycles. The van der Waals surface area contributed by atoms with E-state index in [9.17, 15) is 13.2 Å². The van der Waals surface area contributed by atoms with Crippen molar-refractivity contribution in [2.45, 2.75) is 19.9 Å². The van der Waals surface area contributed by atoms with Crippen molar-refractivity contribution in [1.82, 2.24) is 5.32 Å². The highest BCUT2D eigenvalue weighted by atomic mass is 35.5. The summed E-state index contributed by atoms with van der Waals surface area (Å²) in [6, 6.07) is 11.1. The molecule has 0 aliphatic heterocycles. The number of sulfonamides is 1. The molecule has 0 spiro atoms. The van der Waals surface area contributed by atoms with E-state index >= 15 is 0 Å². The summed E-state index contributed by atoms with van der Waals surface area (Å²) < 4.78 is 36.7. The summed E-state index contributed by atoms with van der Waals surface area (Å²) in [6.07, 6.45) is 1.06. The molecular formula is C20H25ClN2O5S. The van der Waals surface area contributed by atoms with Crippen LogP contribution in [0.1, 0.15) is 12.5 Å². The monoisotopic (exact) mass is 440 g/mol. The van der Waals surface area contributed by atoms with E-state index in [-0.39, 0.29) is 13.2 Å². The molecule has 0 saturated carbocycles. The van der Waals surface area contributed by atoms with Crippen molar-refractivity contribution in [2.75, 3.05) is 30.8 Å². The molecule has 7 nitrogen and oxygen atoms in total. The molecule has 1 unspecified atom stereocenters. The number of benzene rings is 2. The Morgan fingerprint density at radius 3 is 2.48 bits per heavy atom. The van der Waals surface area contributed by atoms with Crippen LogP contribution in [0.15, 0.2) is 42.5 Å². The van der Waals surface area contributed by atoms with E-state index in [1.165, 1.54) is 13.0 Å². The lowest BCUT2D eigenvalue weighted by atomic mass is 10.2. The maximum absolute atomic E-state index is 12.6. The molecule has 29 heavy (non-hydrogen) atoms. The number of halogens is 1. The summed E-state index contributed by atoms with van der Waals surface area (Å²) in [4.78, 5) is 12.6. The van der Waals surface area contributed by atoms with Gasteiger partial charge in [0, 0.05) is 5.02 Å². The zero-order valence-corrected chi connectivity index (χ0v) is 18.4. The highest BCUT2D eigenvalue weighted by molar-refractivity contribution is 7.92. The molecule has 0 aliphatic rings. The lowest BCUT2D eigenvalue weighted by Crippen LogP contribution is -2.48. The van der Waals surface area contributed by atoms with Crippen molar-refractivity contribution in [3.63, 3.8) is 0 Å². The Morgan fingerprint density at radius 2 is 1.86 bits per heavy atom. The van der Waals surface area contributed by atoms with E-state index in [4.69, 9.17) is 21.1 Å². The second-order valence-electron chi connectivity index (χ2n) is 6.46. The molecule has 158 valence electrons. The van der Waals surface area contributed by atoms with Gasteiger partial charge in [0.25, 0.3) is 0 Å². The number of methoxy groups -OCH3 is 1. The molecule has 2 rings (SSSR count). The lowest BCUT2D eigenvalue weighted by Gasteiger charge is -2.29. The maximum atomic E-state index is 12.6. The maximum Gasteiger partial charge on any atom is 0.243 e. The highest BCUT2D eigenvalue weighted by Crippen LogP contribution is 2.28. The van der Waals surface area contributed by atoms with Crippen LogP contribution >= 0.6 is 11.6 Å². The fourth-order valence-corrected chi connectivity index (χ4v) is 4.21. The van der Waals surface area contributed by atoms with Crippen LogP contribution < -0.4 is 19.1 Å². The predicted molar refractivity (Wildman–Crippen MR) is 114 cm³/mol. The summed E-state index contributed by atoms with van der Waals surface area (Å²) in [5.74, 6) is 0.704. The van der Waals surface area contributed by atoms with Crippen LogP contribution in [0.5, 0.6) is 11.5 Å². The number of anilines is 1. The van der Waals surface area contributed by atoms with Crippen LogP contribution in [0.25, 0.3) is 0 Å². The molecule has 0 radical (unpaired) electrons. The van der Waals surface area contributed by atoms with Gasteiger partial charge in [-0.15, -0.1) is 0 Å². The number of nitrogens with one attached hydrogen (secondary N) is 1. The number of aryl methyl sites for hydroxylation is 1. The van der Waals surface area contributed by atoms with E-state index in [0.717, 1.165) is 10.6 Å². The Balaban J connectivity index is 2.05. The largest absolute Gasteiger partial charge is 0.493 e. The van der Waals surface area contributed by atoms with Gasteiger partial charge in [0.15, 0.2) is 11.5 Å². The van der Waals surface area contributed by atoms with Crippen molar-refractivity contribution in [2.24, 2.45) is 0 Å². The average molecular weight is 441 g/mol. The van der Waals surface area contributed by atoms with Gasteiger partial charge in [-0.3, -0.25) is 9.10 Å². The molecule has 2 aromatic rings. The van der Waals surface area contributed by atoms with Crippen LogP contribution in [0.3, 0.4) is 0 Å². The number of amides is 1. The minimum atomic E-state index is -3.72. The van der Waals surface area contributed by atoms with E-state index < -0.39 is 22.0 Å². The molecule has 0 fully saturated rings. The number of para-hydroxylation sites is 2. The zero-order valence-electron chi connectivity index (χ0n) is 16.8. The number of carbonyl (C=O) groups excluding carboxylic acids is 1. The van der Waals surface area contributed by atoms with Crippen LogP contribution in [-0.4, -0.2) is 46.9 Å². The first-order valence-corrected chi connectivity index (χ1v) is 11.2. The van der Waals surface area contributed by atoms with Crippen molar-refractivity contribution in [3.05, 3.63) is 53.1 Å². The molecular weight excluding hydrogens is 416 g/mol. The van der Waals surface area contributed by atoms with Gasteiger partial charge in [-0.05, 0) is 43.7 Å². The Kier molecular flexibility index (Phi) is 7.75. The Morgan fingerprint density at radius 1 is 1.21 bits per heavy atom. The van der Waals surface area contributed by atoms with E-state index in [1.807, 2.05) is 12.1 Å². The molecule has 0 bridgehead atoms. The van der Waals surface area contributed by atoms with E-state index in [1.54, 1.807) is 38.3 Å². The van der Waals surface area contributed by atoms with Crippen LogP contribution in [-0.2, 0) is 14.8 Å². The minimum Gasteiger partial charge on any atom is -0.493 e. The fourth-order valence-electron chi connectivity index (χ4n) is 2.82. The second-order valence-corrected chi connectivity index (χ2v) is 8.75. The highest BCUT2D eigenvalue weighted by Gasteiger charge is 2.30. The molecule has 0 saturated heterocycles. The number of hydrogen-bond donors (Lipinski definition) is 1. The second kappa shape index (κ2) is 9.84. The smallest absolute Gasteiger partial charge is 0.243 e. The quantitative estimate of drug-likeness (QED) is 0.606. The van der Waals surface area contributed by atoms with Crippen molar-refractivity contribution in [1.29, 1.82) is 0 Å². The zero-order chi connectivity index (χ0) is 21.6. The van der Waals surface area contributed by atoms with Gasteiger partial charge >= 0.3 is 0 Å². The van der Waals surface area contributed by atoms with Gasteiger partial charge in [-0.25, -0.2) is 8.42 Å². The van der Waals surface area contributed by atoms with Gasteiger partial charge in [-0.1, -0.05) is 29.8 Å². The van der Waals surface area contributed by atoms with E-state index in [2.05, 4.69) is 5.32 Å². The number of nitrogens with zero attached hydrogens (tertiary/aromatic N) is 1. The first-order chi connectivity index (χ1) is 13.6. The van der Waals surface area contributed by atoms with Gasteiger partial charge in [0.1, 0.15) is 12.6 Å². The molecule has 0 heterocycles. The molecule has 2 aromatic carbocycles. The molecule has 9 heteroatoms. The Labute approximate surface area is 176 Å². The van der Waals surface area contributed by atoms with Crippen molar-refractivity contribution < 1.29 is 22.7 Å². The summed E-state index contributed by atoms with van der Waals surface area (Å²) in [5, 5.41) is 3.09. The van der Waals surface area contributed by atoms with Gasteiger partial charge in [0.05, 0.1) is 25.6 Å². The number of hydrogen-bond acceptors (Lipinski definition) is 5. The summed E-state index contributed by atoms with van der Waals surface area (Å²) >= 11 is 6.03. The van der Waals surface area contributed by atoms with Gasteiger partial charge in [-0.2, -0.15) is 0 Å². The SMILES string of the molecule is COc1ccccc1OCCNC(=O)C(C)N(c1cc(Cl)ccc1C)S(C)(=O)=O. The molecule has 1 N–H and O–H groups in total. The Hall–Kier alpha value is -2.45. The third-order valence-corrected chi connectivity index (χ3v) is 5.69. The van der Waals surface area contributed by atoms with Crippen molar-refractivity contribution >= 4 is 33.2 Å². The van der Waals surface area contributed by atoms with Crippen molar-refractivity contribution in [3.8, 4) is 11.5 Å². The first kappa shape index (κ1) is 22.8. The van der Waals surface area contributed by atoms with Crippen LogP contribution in [0.2, 0.25) is 5.02 Å². The van der Waals surface area contributed by atoms with Crippen LogP contribution in [0.4, 0.5) is 5.69 Å². The lowest BCUT2D eigenvalue weighted by molar-refractivity contribution is -0.121. The third kappa shape index (κ3) is 6.01. The average Bonchev–Trinajstić information content (AvgIpc) is 2.67. The normalized spacial score (nSPS) is 12.2. The van der Waals surface area contributed by atoms with Gasteiger partial charge < -0.3 is 14.8 Å². The summed E-state index contributed by atoms with van der Waals surface area (Å²) in [7, 11) is -2.17. The van der Waals surface area contributed by atoms with Gasteiger partial charge in [0.2, 0.25) is 15.9 Å². The molecule has 1 atom stereocenters. The third-order valence-electron chi connectivity index (χ3n) is 4.23. The number of rotatable bonds is 9. The minimum absolute atomic E-state index is 0.202. The summed E-state index contributed by atoms with van der Waals surface area (Å²) in [5.41, 5.74) is 1.06. The first-order valence-electron chi connectivity index (χ1n) is 8.94. The number of ether oxygens (including phenoxy) is 2. The topological polar surface area (TPSA) is 84.9 Å². The number of carbonyl (C=O) groups is 1. The molecule has 1 amide bonds.